The first-order valence-electron chi connectivity index (χ1n) is 11.8. The van der Waals surface area contributed by atoms with Gasteiger partial charge < -0.3 is 9.84 Å². The largest absolute Gasteiger partial charge is 0.511 e. The number of thioether (sulfide) groups is 2. The van der Waals surface area contributed by atoms with E-state index in [2.05, 4.69) is 6.92 Å². The fourth-order valence-corrected chi connectivity index (χ4v) is 8.11. The zero-order valence-corrected chi connectivity index (χ0v) is 20.2. The van der Waals surface area contributed by atoms with E-state index in [4.69, 9.17) is 4.74 Å². The molecule has 0 aromatic carbocycles. The van der Waals surface area contributed by atoms with Crippen molar-refractivity contribution >= 4 is 29.5 Å². The molecular formula is C25H30N2O3S2. The minimum absolute atomic E-state index is 0.0270. The second-order valence-corrected chi connectivity index (χ2v) is 11.6. The van der Waals surface area contributed by atoms with Crippen LogP contribution < -0.4 is 0 Å². The third kappa shape index (κ3) is 4.90. The van der Waals surface area contributed by atoms with Crippen molar-refractivity contribution in [1.29, 1.82) is 10.5 Å². The zero-order valence-electron chi connectivity index (χ0n) is 18.6. The molecule has 0 unspecified atom stereocenters. The first-order chi connectivity index (χ1) is 15.5. The average Bonchev–Trinajstić information content (AvgIpc) is 3.28. The lowest BCUT2D eigenvalue weighted by Crippen LogP contribution is -2.29. The number of fused-ring (bicyclic) bond motifs is 1. The van der Waals surface area contributed by atoms with Crippen LogP contribution in [0.2, 0.25) is 0 Å². The zero-order chi connectivity index (χ0) is 22.7. The maximum Gasteiger partial charge on any atom is 0.314 e. The molecule has 2 saturated carbocycles. The summed E-state index contributed by atoms with van der Waals surface area (Å²) >= 11 is 2.48. The molecule has 3 aliphatic carbocycles. The molecule has 7 heteroatoms. The number of hydrogen-bond donors (Lipinski definition) is 1. The molecule has 1 aliphatic heterocycles. The maximum absolute atomic E-state index is 13.0. The molecule has 1 saturated heterocycles. The molecule has 0 bridgehead atoms. The molecule has 4 aliphatic rings. The van der Waals surface area contributed by atoms with Gasteiger partial charge in [-0.1, -0.05) is 49.7 Å². The van der Waals surface area contributed by atoms with E-state index in [1.165, 1.54) is 55.6 Å². The summed E-state index contributed by atoms with van der Waals surface area (Å²) in [5.74, 6) is 3.10. The monoisotopic (exact) mass is 470 g/mol. The van der Waals surface area contributed by atoms with Gasteiger partial charge in [-0.3, -0.25) is 4.79 Å². The van der Waals surface area contributed by atoms with Crippen molar-refractivity contribution < 1.29 is 14.6 Å². The fraction of sp³-hybridized carbons (Fsp3) is 0.640. The molecule has 0 spiro atoms. The molecule has 170 valence electrons. The summed E-state index contributed by atoms with van der Waals surface area (Å²) in [7, 11) is 0. The summed E-state index contributed by atoms with van der Waals surface area (Å²) in [6.45, 7) is 2.30. The van der Waals surface area contributed by atoms with Crippen LogP contribution in [-0.4, -0.2) is 11.1 Å². The number of hydrogen-bond acceptors (Lipinski definition) is 7. The van der Waals surface area contributed by atoms with Crippen molar-refractivity contribution in [3.8, 4) is 12.1 Å². The molecule has 3 fully saturated rings. The Balaban J connectivity index is 1.37. The Bertz CT molecular complexity index is 921. The van der Waals surface area contributed by atoms with Crippen molar-refractivity contribution in [2.75, 3.05) is 0 Å². The minimum Gasteiger partial charge on any atom is -0.511 e. The van der Waals surface area contributed by atoms with Crippen molar-refractivity contribution in [2.45, 2.75) is 77.6 Å². The number of nitriles is 2. The highest BCUT2D eigenvalue weighted by atomic mass is 32.2. The predicted molar refractivity (Wildman–Crippen MR) is 127 cm³/mol. The standard InChI is InChI=1S/C25H30N2O3S2/c1-2-15-3-5-16(6-4-15)17-7-9-18(10-8-17)24(29)30-21-12-11-20(28)22-23(21)32-25(31-22)19(13-26)14-27/h15-18,28H,2-12H2,1H3. The predicted octanol–water partition coefficient (Wildman–Crippen LogP) is 7.07. The van der Waals surface area contributed by atoms with Crippen LogP contribution >= 0.6 is 23.5 Å². The van der Waals surface area contributed by atoms with Crippen molar-refractivity contribution in [1.82, 2.24) is 0 Å². The van der Waals surface area contributed by atoms with E-state index in [9.17, 15) is 20.4 Å². The van der Waals surface area contributed by atoms with E-state index in [1.807, 2.05) is 12.1 Å². The van der Waals surface area contributed by atoms with Gasteiger partial charge in [0.05, 0.1) is 20.0 Å². The molecule has 1 N–H and O–H groups in total. The van der Waals surface area contributed by atoms with Gasteiger partial charge in [-0.15, -0.1) is 0 Å². The minimum atomic E-state index is -0.162. The van der Waals surface area contributed by atoms with Gasteiger partial charge in [0.1, 0.15) is 29.2 Å². The molecule has 0 aromatic heterocycles. The van der Waals surface area contributed by atoms with Gasteiger partial charge in [0, 0.05) is 12.8 Å². The van der Waals surface area contributed by atoms with Crippen LogP contribution in [0.5, 0.6) is 0 Å². The molecule has 32 heavy (non-hydrogen) atoms. The third-order valence-electron chi connectivity index (χ3n) is 7.59. The van der Waals surface area contributed by atoms with Gasteiger partial charge in [0.15, 0.2) is 0 Å². The van der Waals surface area contributed by atoms with Crippen LogP contribution in [0.1, 0.15) is 77.6 Å². The number of esters is 1. The van der Waals surface area contributed by atoms with Crippen LogP contribution in [0.3, 0.4) is 0 Å². The van der Waals surface area contributed by atoms with E-state index in [-0.39, 0.29) is 23.2 Å². The summed E-state index contributed by atoms with van der Waals surface area (Å²) in [6.07, 6.45) is 11.6. The van der Waals surface area contributed by atoms with E-state index < -0.39 is 0 Å². The number of aliphatic hydroxyl groups is 1. The molecule has 0 amide bonds. The lowest BCUT2D eigenvalue weighted by atomic mass is 9.69. The molecule has 0 atom stereocenters. The van der Waals surface area contributed by atoms with Crippen molar-refractivity contribution in [3.63, 3.8) is 0 Å². The summed E-state index contributed by atoms with van der Waals surface area (Å²) in [5.41, 5.74) is 0.0270. The highest BCUT2D eigenvalue weighted by Crippen LogP contribution is 2.58. The summed E-state index contributed by atoms with van der Waals surface area (Å²) in [5, 5.41) is 28.6. The molecule has 5 nitrogen and oxygen atoms in total. The van der Waals surface area contributed by atoms with E-state index in [1.54, 1.807) is 0 Å². The van der Waals surface area contributed by atoms with E-state index in [0.717, 1.165) is 43.4 Å². The number of carbonyl (C=O) groups excluding carboxylic acids is 1. The van der Waals surface area contributed by atoms with Crippen LogP contribution in [0.25, 0.3) is 0 Å². The Kier molecular flexibility index (Phi) is 7.59. The first-order valence-corrected chi connectivity index (χ1v) is 13.4. The quantitative estimate of drug-likeness (QED) is 0.347. The molecule has 1 heterocycles. The molecule has 4 rings (SSSR count). The van der Waals surface area contributed by atoms with Gasteiger partial charge in [-0.25, -0.2) is 0 Å². The van der Waals surface area contributed by atoms with Crippen LogP contribution in [0, 0.1) is 46.3 Å². The molecule has 0 radical (unpaired) electrons. The number of aliphatic hydroxyl groups excluding tert-OH is 1. The van der Waals surface area contributed by atoms with Crippen molar-refractivity contribution in [3.05, 3.63) is 31.1 Å². The second-order valence-electron chi connectivity index (χ2n) is 9.34. The second kappa shape index (κ2) is 10.4. The van der Waals surface area contributed by atoms with Crippen LogP contribution in [-0.2, 0) is 9.53 Å². The SMILES string of the molecule is CCC1CCC(C2CCC(C(=O)OC3=C4SC(=C(C#N)C#N)SC4=C(O)CC3)CC2)CC1. The molecular weight excluding hydrogens is 440 g/mol. The van der Waals surface area contributed by atoms with Gasteiger partial charge >= 0.3 is 5.97 Å². The van der Waals surface area contributed by atoms with Gasteiger partial charge in [0.2, 0.25) is 0 Å². The summed E-state index contributed by atoms with van der Waals surface area (Å²) in [4.78, 5) is 14.3. The number of allylic oxidation sites excluding steroid dienone is 3. The Hall–Kier alpha value is -1.83. The Labute approximate surface area is 199 Å². The summed E-state index contributed by atoms with van der Waals surface area (Å²) < 4.78 is 6.41. The highest BCUT2D eigenvalue weighted by Gasteiger charge is 2.37. The number of ether oxygens (including phenoxy) is 1. The number of rotatable bonds is 4. The summed E-state index contributed by atoms with van der Waals surface area (Å²) in [6, 6.07) is 3.81. The highest BCUT2D eigenvalue weighted by molar-refractivity contribution is 8.29. The first kappa shape index (κ1) is 23.3. The van der Waals surface area contributed by atoms with E-state index >= 15 is 0 Å². The van der Waals surface area contributed by atoms with Crippen LogP contribution in [0.15, 0.2) is 31.1 Å². The Morgan fingerprint density at radius 1 is 0.969 bits per heavy atom. The Morgan fingerprint density at radius 2 is 1.56 bits per heavy atom. The van der Waals surface area contributed by atoms with Gasteiger partial charge in [0.25, 0.3) is 0 Å². The smallest absolute Gasteiger partial charge is 0.314 e. The number of carbonyl (C=O) groups is 1. The van der Waals surface area contributed by atoms with Crippen molar-refractivity contribution in [2.24, 2.45) is 23.7 Å². The van der Waals surface area contributed by atoms with Gasteiger partial charge in [-0.2, -0.15) is 10.5 Å². The normalized spacial score (nSPS) is 30.4. The average molecular weight is 471 g/mol. The van der Waals surface area contributed by atoms with Crippen LogP contribution in [0.4, 0.5) is 0 Å². The Morgan fingerprint density at radius 3 is 2.16 bits per heavy atom. The van der Waals surface area contributed by atoms with Gasteiger partial charge in [-0.05, 0) is 56.3 Å². The van der Waals surface area contributed by atoms with E-state index in [0.29, 0.717) is 32.6 Å². The maximum atomic E-state index is 13.0. The third-order valence-corrected chi connectivity index (χ3v) is 10.3. The molecule has 0 aromatic rings. The fourth-order valence-electron chi connectivity index (χ4n) is 5.55. The number of nitrogens with zero attached hydrogens (tertiary/aromatic N) is 2. The lowest BCUT2D eigenvalue weighted by molar-refractivity contribution is -0.146. The topological polar surface area (TPSA) is 94.1 Å². The lowest BCUT2D eigenvalue weighted by Gasteiger charge is -2.37.